The van der Waals surface area contributed by atoms with Gasteiger partial charge in [-0.15, -0.1) is 11.3 Å². The summed E-state index contributed by atoms with van der Waals surface area (Å²) < 4.78 is 1.04. The van der Waals surface area contributed by atoms with Gasteiger partial charge in [-0.25, -0.2) is 4.98 Å². The molecule has 0 aliphatic rings. The predicted octanol–water partition coefficient (Wildman–Crippen LogP) is 3.71. The number of aromatic nitrogens is 1. The smallest absolute Gasteiger partial charge is 0.154 e. The van der Waals surface area contributed by atoms with Crippen molar-refractivity contribution in [3.63, 3.8) is 0 Å². The highest BCUT2D eigenvalue weighted by atomic mass is 35.5. The highest BCUT2D eigenvalue weighted by Gasteiger charge is 2.06. The van der Waals surface area contributed by atoms with Crippen LogP contribution < -0.4 is 5.73 Å². The first-order valence-corrected chi connectivity index (χ1v) is 6.85. The molecule has 0 amide bonds. The van der Waals surface area contributed by atoms with Crippen LogP contribution in [0.5, 0.6) is 0 Å². The van der Waals surface area contributed by atoms with Gasteiger partial charge < -0.3 is 5.73 Å². The second-order valence-corrected chi connectivity index (χ2v) is 5.90. The molecule has 2 N–H and O–H groups in total. The van der Waals surface area contributed by atoms with Crippen LogP contribution in [-0.2, 0) is 6.54 Å². The molecule has 0 spiro atoms. The van der Waals surface area contributed by atoms with E-state index in [9.17, 15) is 0 Å². The number of hydrogen-bond acceptors (Lipinski definition) is 4. The Balaban J connectivity index is 2.27. The molecule has 2 rings (SSSR count). The van der Waals surface area contributed by atoms with Gasteiger partial charge in [-0.05, 0) is 30.7 Å². The lowest BCUT2D eigenvalue weighted by molar-refractivity contribution is 1.03. The van der Waals surface area contributed by atoms with Crippen molar-refractivity contribution < 1.29 is 0 Å². The van der Waals surface area contributed by atoms with Gasteiger partial charge in [-0.2, -0.15) is 0 Å². The molecule has 0 radical (unpaired) electrons. The van der Waals surface area contributed by atoms with Crippen LogP contribution in [-0.4, -0.2) is 4.98 Å². The number of nitrogens with two attached hydrogens (primary N) is 1. The first-order chi connectivity index (χ1) is 7.69. The van der Waals surface area contributed by atoms with Crippen molar-refractivity contribution in [1.29, 1.82) is 0 Å². The Kier molecular flexibility index (Phi) is 3.86. The van der Waals surface area contributed by atoms with Gasteiger partial charge in [-0.1, -0.05) is 23.4 Å². The van der Waals surface area contributed by atoms with E-state index in [-0.39, 0.29) is 0 Å². The summed E-state index contributed by atoms with van der Waals surface area (Å²) in [5.41, 5.74) is 7.80. The fourth-order valence-corrected chi connectivity index (χ4v) is 3.39. The molecule has 2 aromatic rings. The molecule has 0 bridgehead atoms. The Morgan fingerprint density at radius 1 is 1.50 bits per heavy atom. The Labute approximate surface area is 108 Å². The third kappa shape index (κ3) is 2.77. The predicted molar refractivity (Wildman–Crippen MR) is 70.3 cm³/mol. The van der Waals surface area contributed by atoms with E-state index in [1.54, 1.807) is 23.1 Å². The molecule has 0 saturated heterocycles. The fourth-order valence-electron chi connectivity index (χ4n) is 1.28. The van der Waals surface area contributed by atoms with Crippen LogP contribution >= 0.6 is 34.7 Å². The summed E-state index contributed by atoms with van der Waals surface area (Å²) in [7, 11) is 0. The van der Waals surface area contributed by atoms with Gasteiger partial charge in [0.15, 0.2) is 4.34 Å². The Morgan fingerprint density at radius 2 is 2.31 bits per heavy atom. The molecular weight excluding hydrogens is 260 g/mol. The number of rotatable bonds is 3. The molecule has 0 aliphatic carbocycles. The maximum Gasteiger partial charge on any atom is 0.154 e. The summed E-state index contributed by atoms with van der Waals surface area (Å²) in [5.74, 6) is 0. The lowest BCUT2D eigenvalue weighted by atomic mass is 10.2. The second-order valence-electron chi connectivity index (χ2n) is 3.31. The SMILES string of the molecule is Cc1csc(Sc2ccc(Cl)cc2CN)n1. The third-order valence-corrected chi connectivity index (χ3v) is 4.45. The molecule has 5 heteroatoms. The van der Waals surface area contributed by atoms with E-state index in [1.807, 2.05) is 30.5 Å². The average molecular weight is 271 g/mol. The van der Waals surface area contributed by atoms with Gasteiger partial charge in [0.1, 0.15) is 0 Å². The number of aryl methyl sites for hydroxylation is 1. The number of hydrogen-bond donors (Lipinski definition) is 1. The van der Waals surface area contributed by atoms with E-state index >= 15 is 0 Å². The molecule has 1 heterocycles. The summed E-state index contributed by atoms with van der Waals surface area (Å²) in [6.45, 7) is 2.49. The molecule has 0 unspecified atom stereocenters. The summed E-state index contributed by atoms with van der Waals surface area (Å²) >= 11 is 9.21. The molecule has 0 atom stereocenters. The summed E-state index contributed by atoms with van der Waals surface area (Å²) in [6.07, 6.45) is 0. The van der Waals surface area contributed by atoms with Gasteiger partial charge in [0.25, 0.3) is 0 Å². The quantitative estimate of drug-likeness (QED) is 0.924. The Hall–Kier alpha value is -0.550. The molecule has 2 nitrogen and oxygen atoms in total. The van der Waals surface area contributed by atoms with Gasteiger partial charge in [0.2, 0.25) is 0 Å². The van der Waals surface area contributed by atoms with E-state index in [2.05, 4.69) is 4.98 Å². The summed E-state index contributed by atoms with van der Waals surface area (Å²) in [6, 6.07) is 5.78. The minimum atomic E-state index is 0.493. The van der Waals surface area contributed by atoms with Crippen LogP contribution in [0.4, 0.5) is 0 Å². The maximum atomic E-state index is 5.92. The molecule has 0 aliphatic heterocycles. The summed E-state index contributed by atoms with van der Waals surface area (Å²) in [5, 5.41) is 2.76. The van der Waals surface area contributed by atoms with E-state index < -0.39 is 0 Å². The molecule has 0 fully saturated rings. The molecule has 1 aromatic heterocycles. The normalized spacial score (nSPS) is 10.7. The lowest BCUT2D eigenvalue weighted by Gasteiger charge is -2.05. The second kappa shape index (κ2) is 5.19. The van der Waals surface area contributed by atoms with Gasteiger partial charge in [0.05, 0.1) is 0 Å². The minimum absolute atomic E-state index is 0.493. The van der Waals surface area contributed by atoms with Crippen molar-refractivity contribution in [2.24, 2.45) is 5.73 Å². The number of thiazole rings is 1. The van der Waals surface area contributed by atoms with Crippen molar-refractivity contribution in [1.82, 2.24) is 4.98 Å². The maximum absolute atomic E-state index is 5.92. The summed E-state index contributed by atoms with van der Waals surface area (Å²) in [4.78, 5) is 5.54. The van der Waals surface area contributed by atoms with Crippen molar-refractivity contribution in [3.8, 4) is 0 Å². The zero-order chi connectivity index (χ0) is 11.5. The minimum Gasteiger partial charge on any atom is -0.326 e. The molecular formula is C11H11ClN2S2. The van der Waals surface area contributed by atoms with E-state index in [0.29, 0.717) is 6.54 Å². The van der Waals surface area contributed by atoms with Gasteiger partial charge >= 0.3 is 0 Å². The first-order valence-electron chi connectivity index (χ1n) is 4.77. The van der Waals surface area contributed by atoms with Crippen LogP contribution in [0, 0.1) is 6.92 Å². The van der Waals surface area contributed by atoms with Crippen molar-refractivity contribution in [2.75, 3.05) is 0 Å². The number of benzene rings is 1. The highest BCUT2D eigenvalue weighted by molar-refractivity contribution is 8.01. The van der Waals surface area contributed by atoms with Crippen molar-refractivity contribution >= 4 is 34.7 Å². The average Bonchev–Trinajstić information content (AvgIpc) is 2.67. The zero-order valence-electron chi connectivity index (χ0n) is 8.74. The largest absolute Gasteiger partial charge is 0.326 e. The molecule has 0 saturated carbocycles. The van der Waals surface area contributed by atoms with Gasteiger partial charge in [0, 0.05) is 27.5 Å². The van der Waals surface area contributed by atoms with Crippen LogP contribution in [0.3, 0.4) is 0 Å². The third-order valence-electron chi connectivity index (χ3n) is 2.04. The van der Waals surface area contributed by atoms with Gasteiger partial charge in [-0.3, -0.25) is 0 Å². The Morgan fingerprint density at radius 3 is 2.94 bits per heavy atom. The van der Waals surface area contributed by atoms with E-state index in [0.717, 1.165) is 25.5 Å². The Bertz CT molecular complexity index is 496. The standard InChI is InChI=1S/C11H11ClN2S2/c1-7-6-15-11(14-7)16-10-3-2-9(12)4-8(10)5-13/h2-4,6H,5,13H2,1H3. The van der Waals surface area contributed by atoms with E-state index in [1.165, 1.54) is 0 Å². The van der Waals surface area contributed by atoms with Crippen LogP contribution in [0.15, 0.2) is 32.8 Å². The van der Waals surface area contributed by atoms with Crippen LogP contribution in [0.1, 0.15) is 11.3 Å². The van der Waals surface area contributed by atoms with Crippen molar-refractivity contribution in [2.45, 2.75) is 22.7 Å². The monoisotopic (exact) mass is 270 g/mol. The van der Waals surface area contributed by atoms with Crippen molar-refractivity contribution in [3.05, 3.63) is 39.9 Å². The van der Waals surface area contributed by atoms with E-state index in [4.69, 9.17) is 17.3 Å². The topological polar surface area (TPSA) is 38.9 Å². The molecule has 16 heavy (non-hydrogen) atoms. The van der Waals surface area contributed by atoms with Crippen LogP contribution in [0.2, 0.25) is 5.02 Å². The lowest BCUT2D eigenvalue weighted by Crippen LogP contribution is -1.98. The highest BCUT2D eigenvalue weighted by Crippen LogP contribution is 2.33. The first kappa shape index (κ1) is 11.9. The molecule has 1 aromatic carbocycles. The zero-order valence-corrected chi connectivity index (χ0v) is 11.1. The van der Waals surface area contributed by atoms with Crippen LogP contribution in [0.25, 0.3) is 0 Å². The number of nitrogens with zero attached hydrogens (tertiary/aromatic N) is 1. The molecule has 84 valence electrons. The fraction of sp³-hybridized carbons (Fsp3) is 0.182. The number of halogens is 1.